The summed E-state index contributed by atoms with van der Waals surface area (Å²) in [4.78, 5) is 105. The Morgan fingerprint density at radius 2 is 0.533 bits per heavy atom. The van der Waals surface area contributed by atoms with Crippen molar-refractivity contribution < 1.29 is 59.5 Å². The molecule has 0 aliphatic rings. The Balaban J connectivity index is 0.000000124. The zero-order chi connectivity index (χ0) is 95.9. The second-order valence-electron chi connectivity index (χ2n) is 30.9. The SMILES string of the molecule is CC(F)(F)Oc1ccc(OCc2cc(=O)n3[nH]c(-c4ccccc4)nc3n2)cc1.CC(F)(F)Oc1cccc(OCc2cc(=O)n3[nH]c(-c4ccccc4)nc3n2)c1.CC(F)(F)c1ccccc1OCc1cc(=O)n2[nH]c(-c3ccccc3)nc2n1.Cc1ccc(OCc2cc(=O)n3[nH]c(-c4ccccc4)nc3n2)cc1.Cc1ccc(OCc2cc(=O)n3[nH]c(-c4ccccc4)nc3n2)cc1C. The normalized spacial score (nSPS) is 11.4. The van der Waals surface area contributed by atoms with E-state index < -0.39 is 18.1 Å². The van der Waals surface area contributed by atoms with Crippen LogP contribution < -0.4 is 61.0 Å². The van der Waals surface area contributed by atoms with Gasteiger partial charge in [0.2, 0.25) is 0 Å². The molecule has 38 heteroatoms. The molecule has 0 spiro atoms. The minimum atomic E-state index is -3.30. The Kier molecular flexibility index (Phi) is 27.6. The zero-order valence-electron chi connectivity index (χ0n) is 73.7. The summed E-state index contributed by atoms with van der Waals surface area (Å²) in [6.07, 6.45) is -6.55. The smallest absolute Gasteiger partial charge is 0.394 e. The number of aromatic nitrogens is 20. The van der Waals surface area contributed by atoms with Crippen molar-refractivity contribution in [2.75, 3.05) is 0 Å². The maximum Gasteiger partial charge on any atom is 0.394 e. The van der Waals surface area contributed by atoms with E-state index in [1.807, 2.05) is 208 Å². The molecule has 32 nitrogen and oxygen atoms in total. The van der Waals surface area contributed by atoms with Gasteiger partial charge >= 0.3 is 12.2 Å². The first kappa shape index (κ1) is 92.4. The van der Waals surface area contributed by atoms with E-state index in [0.29, 0.717) is 94.5 Å². The number of halogens is 6. The molecule has 10 aromatic carbocycles. The number of para-hydroxylation sites is 1. The van der Waals surface area contributed by atoms with Gasteiger partial charge in [-0.2, -0.15) is 65.1 Å². The largest absolute Gasteiger partial charge is 0.487 e. The second kappa shape index (κ2) is 40.9. The van der Waals surface area contributed by atoms with E-state index in [2.05, 4.69) is 91.7 Å². The number of benzene rings is 10. The first-order chi connectivity index (χ1) is 65.9. The van der Waals surface area contributed by atoms with Crippen LogP contribution in [0.3, 0.4) is 0 Å². The molecule has 692 valence electrons. The second-order valence-corrected chi connectivity index (χ2v) is 30.9. The number of rotatable bonds is 25. The summed E-state index contributed by atoms with van der Waals surface area (Å²) in [5.41, 5.74) is 8.20. The maximum absolute atomic E-state index is 13.7. The summed E-state index contributed by atoms with van der Waals surface area (Å²) >= 11 is 0. The highest BCUT2D eigenvalue weighted by Gasteiger charge is 2.29. The number of nitrogens with zero attached hydrogens (tertiary/aromatic N) is 15. The minimum absolute atomic E-state index is 0.0173. The topological polar surface area (TPSA) is 380 Å². The van der Waals surface area contributed by atoms with E-state index in [0.717, 1.165) is 57.4 Å². The molecule has 0 atom stereocenters. The number of hydrogen-bond acceptors (Lipinski definition) is 22. The fraction of sp³-hybridized carbons (Fsp3) is 0.141. The van der Waals surface area contributed by atoms with Crippen LogP contribution in [0.15, 0.2) is 321 Å². The van der Waals surface area contributed by atoms with E-state index in [4.69, 9.17) is 23.7 Å². The Hall–Kier alpha value is -17.9. The van der Waals surface area contributed by atoms with Crippen molar-refractivity contribution in [2.24, 2.45) is 0 Å². The van der Waals surface area contributed by atoms with Gasteiger partial charge in [-0.25, -0.2) is 33.7 Å². The maximum atomic E-state index is 13.7. The summed E-state index contributed by atoms with van der Waals surface area (Å²) in [6, 6.07) is 85.2. The Morgan fingerprint density at radius 3 is 0.854 bits per heavy atom. The zero-order valence-corrected chi connectivity index (χ0v) is 73.7. The number of alkyl halides is 6. The number of hydrogen-bond donors (Lipinski definition) is 5. The molecular formula is C99H82F6N20O12. The van der Waals surface area contributed by atoms with Crippen LogP contribution >= 0.6 is 0 Å². The van der Waals surface area contributed by atoms with Gasteiger partial charge in [-0.15, -0.1) is 0 Å². The van der Waals surface area contributed by atoms with Gasteiger partial charge in [0.25, 0.3) is 62.6 Å². The number of fused-ring (bicyclic) bond motifs is 5. The van der Waals surface area contributed by atoms with Crippen molar-refractivity contribution in [1.82, 2.24) is 97.9 Å². The van der Waals surface area contributed by atoms with Gasteiger partial charge in [0.15, 0.2) is 29.1 Å². The van der Waals surface area contributed by atoms with Gasteiger partial charge in [0, 0.05) is 85.0 Å². The highest BCUT2D eigenvalue weighted by atomic mass is 19.3. The molecule has 0 aliphatic carbocycles. The fourth-order valence-corrected chi connectivity index (χ4v) is 13.5. The molecule has 0 bridgehead atoms. The Bertz CT molecular complexity index is 7920. The van der Waals surface area contributed by atoms with E-state index in [1.165, 1.54) is 119 Å². The van der Waals surface area contributed by atoms with E-state index in [-0.39, 0.29) is 101 Å². The highest BCUT2D eigenvalue weighted by Crippen LogP contribution is 2.35. The van der Waals surface area contributed by atoms with Crippen molar-refractivity contribution in [3.63, 3.8) is 0 Å². The van der Waals surface area contributed by atoms with Crippen LogP contribution in [0, 0.1) is 20.8 Å². The van der Waals surface area contributed by atoms with E-state index >= 15 is 0 Å². The third kappa shape index (κ3) is 24.1. The lowest BCUT2D eigenvalue weighted by atomic mass is 10.1. The van der Waals surface area contributed by atoms with Crippen molar-refractivity contribution in [2.45, 2.75) is 92.7 Å². The van der Waals surface area contributed by atoms with Crippen molar-refractivity contribution in [1.29, 1.82) is 0 Å². The Labute approximate surface area is 772 Å². The summed E-state index contributed by atoms with van der Waals surface area (Å²) in [6.45, 7) is 8.50. The predicted octanol–water partition coefficient (Wildman–Crippen LogP) is 17.3. The first-order valence-electron chi connectivity index (χ1n) is 42.2. The first-order valence-corrected chi connectivity index (χ1v) is 42.2. The highest BCUT2D eigenvalue weighted by molar-refractivity contribution is 5.61. The van der Waals surface area contributed by atoms with Crippen molar-refractivity contribution in [3.8, 4) is 97.2 Å². The van der Waals surface area contributed by atoms with Crippen LogP contribution in [-0.2, 0) is 39.0 Å². The quantitative estimate of drug-likeness (QED) is 0.0332. The van der Waals surface area contributed by atoms with Crippen LogP contribution in [0.2, 0.25) is 0 Å². The molecule has 20 rings (SSSR count). The van der Waals surface area contributed by atoms with Crippen molar-refractivity contribution >= 4 is 28.9 Å². The number of ether oxygens (including phenoxy) is 7. The summed E-state index contributed by atoms with van der Waals surface area (Å²) < 4.78 is 123. The van der Waals surface area contributed by atoms with Crippen LogP contribution in [-0.4, -0.2) is 110 Å². The standard InChI is InChI=1S/2C20H16F2N4O3.C20H16F2N4O2.C20H18N4O2.C19H16N4O2/c1-20(21,22)29-16-9-5-8-15(11-16)28-12-14-10-17(27)26-19(23-14)24-18(25-26)13-6-3-2-4-7-13;1-20(21,22)29-16-9-7-15(8-10-16)28-12-14-11-17(27)26-19(23-14)24-18(25-26)13-5-3-2-4-6-13;1-20(21,22)15-9-5-6-10-16(15)28-12-14-11-17(27)26-19(23-14)24-18(25-26)13-7-3-2-4-8-13;1-13-8-9-17(10-14(13)2)26-12-16-11-18(25)24-20(21-16)22-19(23-24)15-6-4-3-5-7-15;1-13-7-9-16(10-8-13)25-12-15-11-17(24)23-19(20-15)21-18(22-23)14-5-3-2-4-6-14/h2*2-11H,12H2,1H3,(H,23,24,25);2-11H,12H2,1H3,(H,23,24,25);3-11H,12H2,1-2H3,(H,21,22,23);2-11H,12H2,1H3,(H,20,21,22). The number of nitrogens with one attached hydrogen (secondary N) is 5. The predicted molar refractivity (Wildman–Crippen MR) is 495 cm³/mol. The molecule has 0 unspecified atom stereocenters. The van der Waals surface area contributed by atoms with Gasteiger partial charge in [-0.05, 0) is 105 Å². The molecule has 10 heterocycles. The van der Waals surface area contributed by atoms with Gasteiger partial charge in [-0.3, -0.25) is 49.5 Å². The molecule has 0 saturated carbocycles. The molecule has 0 fully saturated rings. The van der Waals surface area contributed by atoms with Crippen molar-refractivity contribution in [3.05, 3.63) is 400 Å². The van der Waals surface area contributed by atoms with Crippen LogP contribution in [0.1, 0.15) is 71.5 Å². The molecule has 20 aromatic rings. The number of aryl methyl sites for hydroxylation is 3. The summed E-state index contributed by atoms with van der Waals surface area (Å²) in [5.74, 6) is 3.21. The molecular weight excluding hydrogens is 1780 g/mol. The van der Waals surface area contributed by atoms with Gasteiger partial charge in [0.1, 0.15) is 73.3 Å². The Morgan fingerprint density at radius 1 is 0.263 bits per heavy atom. The van der Waals surface area contributed by atoms with Gasteiger partial charge in [-0.1, -0.05) is 194 Å². The van der Waals surface area contributed by atoms with Gasteiger partial charge in [0.05, 0.1) is 34.0 Å². The molecule has 0 saturated heterocycles. The van der Waals surface area contributed by atoms with E-state index in [9.17, 15) is 50.3 Å². The van der Waals surface area contributed by atoms with Gasteiger partial charge < -0.3 is 33.2 Å². The third-order valence-corrected chi connectivity index (χ3v) is 20.2. The lowest BCUT2D eigenvalue weighted by molar-refractivity contribution is -0.159. The molecule has 0 amide bonds. The average Bonchev–Trinajstić information content (AvgIpc) is 1.67. The average molecular weight is 1860 g/mol. The molecule has 0 aliphatic heterocycles. The molecule has 10 aromatic heterocycles. The molecule has 137 heavy (non-hydrogen) atoms. The van der Waals surface area contributed by atoms with Crippen LogP contribution in [0.25, 0.3) is 85.8 Å². The lowest BCUT2D eigenvalue weighted by Crippen LogP contribution is -2.19. The molecule has 5 N–H and O–H groups in total. The number of aromatic amines is 5. The third-order valence-electron chi connectivity index (χ3n) is 20.2. The van der Waals surface area contributed by atoms with Crippen LogP contribution in [0.5, 0.6) is 40.2 Å². The number of H-pyrrole nitrogens is 5. The summed E-state index contributed by atoms with van der Waals surface area (Å²) in [5, 5.41) is 14.7. The minimum Gasteiger partial charge on any atom is -0.487 e. The van der Waals surface area contributed by atoms with E-state index in [1.54, 1.807) is 12.1 Å². The van der Waals surface area contributed by atoms with Crippen LogP contribution in [0.4, 0.5) is 26.3 Å². The summed E-state index contributed by atoms with van der Waals surface area (Å²) in [7, 11) is 0. The lowest BCUT2D eigenvalue weighted by Gasteiger charge is -2.16. The monoisotopic (exact) mass is 1860 g/mol. The fourth-order valence-electron chi connectivity index (χ4n) is 13.5. The molecule has 0 radical (unpaired) electrons.